The van der Waals surface area contributed by atoms with Gasteiger partial charge in [0.2, 0.25) is 10.0 Å². The Bertz CT molecular complexity index is 429. The van der Waals surface area contributed by atoms with Gasteiger partial charge in [-0.15, -0.1) is 0 Å². The average molecular weight is 243 g/mol. The minimum absolute atomic E-state index is 0.0654. The highest BCUT2D eigenvalue weighted by Gasteiger charge is 2.09. The van der Waals surface area contributed by atoms with Crippen molar-refractivity contribution in [2.24, 2.45) is 0 Å². The molecule has 1 aromatic rings. The summed E-state index contributed by atoms with van der Waals surface area (Å²) in [5.41, 5.74) is 1.44. The largest absolute Gasteiger partial charge is 0.377 e. The fraction of sp³-hybridized carbons (Fsp3) is 0.455. The summed E-state index contributed by atoms with van der Waals surface area (Å²) in [6.45, 7) is 4.53. The first-order valence-electron chi connectivity index (χ1n) is 5.25. The van der Waals surface area contributed by atoms with Crippen molar-refractivity contribution in [1.29, 1.82) is 0 Å². The van der Waals surface area contributed by atoms with Gasteiger partial charge in [0.25, 0.3) is 0 Å². The zero-order valence-corrected chi connectivity index (χ0v) is 10.4. The Hall–Kier alpha value is -1.07. The van der Waals surface area contributed by atoms with Crippen LogP contribution in [0.4, 0.5) is 5.69 Å². The maximum absolute atomic E-state index is 11.4. The molecule has 0 aliphatic rings. The summed E-state index contributed by atoms with van der Waals surface area (Å²) in [4.78, 5) is 0. The van der Waals surface area contributed by atoms with Crippen molar-refractivity contribution in [3.63, 3.8) is 0 Å². The lowest BCUT2D eigenvalue weighted by molar-refractivity contribution is 0.134. The van der Waals surface area contributed by atoms with Crippen LogP contribution in [0.3, 0.4) is 0 Å². The van der Waals surface area contributed by atoms with Crippen LogP contribution < -0.4 is 4.72 Å². The number of anilines is 1. The summed E-state index contributed by atoms with van der Waals surface area (Å²) in [5, 5.41) is 0. The Kier molecular flexibility index (Phi) is 4.76. The van der Waals surface area contributed by atoms with Crippen molar-refractivity contribution in [1.82, 2.24) is 0 Å². The summed E-state index contributed by atoms with van der Waals surface area (Å²) in [6, 6.07) is 7.24. The van der Waals surface area contributed by atoms with Gasteiger partial charge >= 0.3 is 0 Å². The van der Waals surface area contributed by atoms with Gasteiger partial charge in [0.15, 0.2) is 0 Å². The molecule has 0 bridgehead atoms. The number of benzene rings is 1. The Morgan fingerprint density at radius 2 is 1.94 bits per heavy atom. The molecule has 0 radical (unpaired) electrons. The molecule has 0 aliphatic heterocycles. The zero-order valence-electron chi connectivity index (χ0n) is 9.56. The molecule has 5 heteroatoms. The van der Waals surface area contributed by atoms with Crippen LogP contribution in [0.15, 0.2) is 24.3 Å². The Balaban J connectivity index is 2.86. The third-order valence-corrected chi connectivity index (χ3v) is 3.42. The molecular weight excluding hydrogens is 226 g/mol. The van der Waals surface area contributed by atoms with Crippen LogP contribution in [-0.2, 0) is 21.4 Å². The lowest BCUT2D eigenvalue weighted by atomic mass is 10.2. The van der Waals surface area contributed by atoms with Gasteiger partial charge in [-0.05, 0) is 19.9 Å². The molecule has 0 spiro atoms. The standard InChI is InChI=1S/C11H17NO3S/c1-3-15-9-10-7-5-6-8-11(10)12-16(13,14)4-2/h5-8,12H,3-4,9H2,1-2H3. The van der Waals surface area contributed by atoms with Crippen molar-refractivity contribution in [2.75, 3.05) is 17.1 Å². The van der Waals surface area contributed by atoms with E-state index in [0.717, 1.165) is 5.56 Å². The summed E-state index contributed by atoms with van der Waals surface area (Å²) in [6.07, 6.45) is 0. The second-order valence-corrected chi connectivity index (χ2v) is 5.31. The molecule has 16 heavy (non-hydrogen) atoms. The van der Waals surface area contributed by atoms with E-state index in [9.17, 15) is 8.42 Å². The molecular formula is C11H17NO3S. The SMILES string of the molecule is CCOCc1ccccc1NS(=O)(=O)CC. The predicted molar refractivity (Wildman–Crippen MR) is 64.9 cm³/mol. The van der Waals surface area contributed by atoms with Gasteiger partial charge in [0.1, 0.15) is 0 Å². The number of para-hydroxylation sites is 1. The van der Waals surface area contributed by atoms with Crippen LogP contribution in [-0.4, -0.2) is 20.8 Å². The zero-order chi connectivity index (χ0) is 12.0. The molecule has 90 valence electrons. The Labute approximate surface area is 96.7 Å². The molecule has 4 nitrogen and oxygen atoms in total. The minimum atomic E-state index is -3.23. The van der Waals surface area contributed by atoms with E-state index in [1.807, 2.05) is 19.1 Å². The third-order valence-electron chi connectivity index (χ3n) is 2.12. The number of nitrogens with one attached hydrogen (secondary N) is 1. The summed E-state index contributed by atoms with van der Waals surface area (Å²) < 4.78 is 30.7. The van der Waals surface area contributed by atoms with Gasteiger partial charge in [-0.1, -0.05) is 18.2 Å². The van der Waals surface area contributed by atoms with Gasteiger partial charge < -0.3 is 4.74 Å². The quantitative estimate of drug-likeness (QED) is 0.831. The van der Waals surface area contributed by atoms with Gasteiger partial charge in [0, 0.05) is 12.2 Å². The Morgan fingerprint density at radius 3 is 2.56 bits per heavy atom. The number of rotatable bonds is 6. The molecule has 0 aliphatic carbocycles. The predicted octanol–water partition coefficient (Wildman–Crippen LogP) is 1.98. The van der Waals surface area contributed by atoms with Crippen molar-refractivity contribution < 1.29 is 13.2 Å². The second-order valence-electron chi connectivity index (χ2n) is 3.30. The molecule has 0 unspecified atom stereocenters. The van der Waals surface area contributed by atoms with Crippen molar-refractivity contribution >= 4 is 15.7 Å². The molecule has 1 rings (SSSR count). The molecule has 0 heterocycles. The lowest BCUT2D eigenvalue weighted by Crippen LogP contribution is -2.16. The van der Waals surface area contributed by atoms with Gasteiger partial charge in [-0.2, -0.15) is 0 Å². The highest BCUT2D eigenvalue weighted by molar-refractivity contribution is 7.92. The number of ether oxygens (including phenoxy) is 1. The molecule has 1 aromatic carbocycles. The van der Waals surface area contributed by atoms with E-state index < -0.39 is 10.0 Å². The maximum Gasteiger partial charge on any atom is 0.232 e. The average Bonchev–Trinajstić information content (AvgIpc) is 2.27. The number of hydrogen-bond acceptors (Lipinski definition) is 3. The normalized spacial score (nSPS) is 11.4. The van der Waals surface area contributed by atoms with E-state index >= 15 is 0 Å². The van der Waals surface area contributed by atoms with Crippen LogP contribution in [0, 0.1) is 0 Å². The monoisotopic (exact) mass is 243 g/mol. The fourth-order valence-corrected chi connectivity index (χ4v) is 1.88. The molecule has 0 saturated heterocycles. The highest BCUT2D eigenvalue weighted by Crippen LogP contribution is 2.17. The molecule has 0 aromatic heterocycles. The van der Waals surface area contributed by atoms with Crippen molar-refractivity contribution in [3.8, 4) is 0 Å². The third kappa shape index (κ3) is 3.83. The van der Waals surface area contributed by atoms with Crippen LogP contribution in [0.2, 0.25) is 0 Å². The van der Waals surface area contributed by atoms with Crippen LogP contribution in [0.25, 0.3) is 0 Å². The van der Waals surface area contributed by atoms with E-state index in [4.69, 9.17) is 4.74 Å². The highest BCUT2D eigenvalue weighted by atomic mass is 32.2. The van der Waals surface area contributed by atoms with E-state index in [1.165, 1.54) is 0 Å². The van der Waals surface area contributed by atoms with Crippen molar-refractivity contribution in [3.05, 3.63) is 29.8 Å². The van der Waals surface area contributed by atoms with Crippen molar-refractivity contribution in [2.45, 2.75) is 20.5 Å². The molecule has 0 saturated carbocycles. The first-order valence-corrected chi connectivity index (χ1v) is 6.90. The number of sulfonamides is 1. The van der Waals surface area contributed by atoms with Gasteiger partial charge in [-0.25, -0.2) is 8.42 Å². The van der Waals surface area contributed by atoms with Crippen LogP contribution >= 0.6 is 0 Å². The lowest BCUT2D eigenvalue weighted by Gasteiger charge is -2.11. The van der Waals surface area contributed by atoms with E-state index in [0.29, 0.717) is 18.9 Å². The fourth-order valence-electron chi connectivity index (χ4n) is 1.20. The van der Waals surface area contributed by atoms with Gasteiger partial charge in [-0.3, -0.25) is 4.72 Å². The van der Waals surface area contributed by atoms with Crippen LogP contribution in [0.1, 0.15) is 19.4 Å². The number of hydrogen-bond donors (Lipinski definition) is 1. The van der Waals surface area contributed by atoms with E-state index in [2.05, 4.69) is 4.72 Å². The summed E-state index contributed by atoms with van der Waals surface area (Å²) >= 11 is 0. The minimum Gasteiger partial charge on any atom is -0.377 e. The molecule has 0 fully saturated rings. The van der Waals surface area contributed by atoms with E-state index in [1.54, 1.807) is 19.1 Å². The molecule has 1 N–H and O–H groups in total. The smallest absolute Gasteiger partial charge is 0.232 e. The first-order chi connectivity index (χ1) is 7.59. The first kappa shape index (κ1) is 13.0. The Morgan fingerprint density at radius 1 is 1.25 bits per heavy atom. The van der Waals surface area contributed by atoms with Crippen LogP contribution in [0.5, 0.6) is 0 Å². The summed E-state index contributed by atoms with van der Waals surface area (Å²) in [7, 11) is -3.23. The van der Waals surface area contributed by atoms with E-state index in [-0.39, 0.29) is 5.75 Å². The second kappa shape index (κ2) is 5.86. The molecule has 0 atom stereocenters. The maximum atomic E-state index is 11.4. The molecule has 0 amide bonds. The van der Waals surface area contributed by atoms with Gasteiger partial charge in [0.05, 0.1) is 18.0 Å². The summed E-state index contributed by atoms with van der Waals surface area (Å²) in [5.74, 6) is 0.0654. The topological polar surface area (TPSA) is 55.4 Å².